The summed E-state index contributed by atoms with van der Waals surface area (Å²) in [5.41, 5.74) is 2.39. The number of nitrogens with two attached hydrogens (primary N) is 1. The number of hydrazine groups is 1. The predicted molar refractivity (Wildman–Crippen MR) is 68.3 cm³/mol. The molecule has 0 fully saturated rings. The summed E-state index contributed by atoms with van der Waals surface area (Å²) in [7, 11) is 0. The summed E-state index contributed by atoms with van der Waals surface area (Å²) < 4.78 is 5.30. The fraction of sp³-hybridized carbons (Fsp3) is 0.100. The van der Waals surface area contributed by atoms with Crippen molar-refractivity contribution >= 4 is 28.2 Å². The van der Waals surface area contributed by atoms with Gasteiger partial charge in [0, 0.05) is 17.8 Å². The highest BCUT2D eigenvalue weighted by Crippen LogP contribution is 2.19. The van der Waals surface area contributed by atoms with Crippen LogP contribution in [-0.4, -0.2) is 22.5 Å². The maximum absolute atomic E-state index is 11.5. The van der Waals surface area contributed by atoms with E-state index in [0.717, 1.165) is 0 Å². The van der Waals surface area contributed by atoms with E-state index in [0.29, 0.717) is 16.7 Å². The van der Waals surface area contributed by atoms with Gasteiger partial charge in [-0.1, -0.05) is 0 Å². The lowest BCUT2D eigenvalue weighted by Gasteiger charge is -2.08. The Kier molecular flexibility index (Phi) is 4.05. The second kappa shape index (κ2) is 5.94. The van der Waals surface area contributed by atoms with Crippen LogP contribution in [0.3, 0.4) is 0 Å². The number of anilines is 2. The van der Waals surface area contributed by atoms with Gasteiger partial charge in [-0.2, -0.15) is 0 Å². The second-order valence-corrected chi connectivity index (χ2v) is 4.06. The number of amides is 1. The zero-order chi connectivity index (χ0) is 12.8. The Morgan fingerprint density at radius 3 is 3.06 bits per heavy atom. The fourth-order valence-corrected chi connectivity index (χ4v) is 1.74. The number of nitrogens with one attached hydrogen (secondary N) is 2. The first-order chi connectivity index (χ1) is 8.79. The van der Waals surface area contributed by atoms with Gasteiger partial charge in [0.25, 0.3) is 5.91 Å². The van der Waals surface area contributed by atoms with Crippen LogP contribution in [0.2, 0.25) is 0 Å². The van der Waals surface area contributed by atoms with Crippen LogP contribution in [0.4, 0.5) is 10.9 Å². The number of rotatable bonds is 5. The molecule has 2 aromatic heterocycles. The van der Waals surface area contributed by atoms with E-state index in [1.54, 1.807) is 29.9 Å². The molecule has 18 heavy (non-hydrogen) atoms. The number of nitrogen functional groups attached to an aromatic ring is 1. The predicted octanol–water partition coefficient (Wildman–Crippen LogP) is 0.841. The molecule has 0 saturated carbocycles. The lowest BCUT2D eigenvalue weighted by atomic mass is 10.4. The van der Waals surface area contributed by atoms with E-state index in [-0.39, 0.29) is 12.5 Å². The topological polar surface area (TPSA) is 102 Å². The smallest absolute Gasteiger partial charge is 0.264 e. The summed E-state index contributed by atoms with van der Waals surface area (Å²) in [4.78, 5) is 19.4. The molecule has 0 unspecified atom stereocenters. The van der Waals surface area contributed by atoms with Crippen molar-refractivity contribution in [3.05, 3.63) is 29.9 Å². The summed E-state index contributed by atoms with van der Waals surface area (Å²) >= 11 is 1.34. The molecule has 0 aliphatic heterocycles. The molecule has 2 aromatic rings. The van der Waals surface area contributed by atoms with Gasteiger partial charge in [-0.15, -0.1) is 11.3 Å². The number of carbonyl (C=O) groups is 1. The number of hydrogen-bond acceptors (Lipinski definition) is 7. The number of pyridine rings is 1. The van der Waals surface area contributed by atoms with Gasteiger partial charge in [-0.05, 0) is 12.1 Å². The number of thiazole rings is 1. The summed E-state index contributed by atoms with van der Waals surface area (Å²) in [5.74, 6) is 5.76. The average Bonchev–Trinajstić information content (AvgIpc) is 2.89. The average molecular weight is 265 g/mol. The van der Waals surface area contributed by atoms with Crippen molar-refractivity contribution < 1.29 is 9.53 Å². The zero-order valence-corrected chi connectivity index (χ0v) is 10.1. The molecule has 0 bridgehead atoms. The quantitative estimate of drug-likeness (QED) is 0.547. The van der Waals surface area contributed by atoms with E-state index in [1.807, 2.05) is 0 Å². The number of carbonyl (C=O) groups excluding carboxylic acids is 1. The largest absolute Gasteiger partial charge is 0.480 e. The maximum atomic E-state index is 11.5. The van der Waals surface area contributed by atoms with Crippen LogP contribution in [0.25, 0.3) is 0 Å². The molecule has 0 aromatic carbocycles. The molecule has 2 heterocycles. The van der Waals surface area contributed by atoms with Crippen LogP contribution in [0.1, 0.15) is 0 Å². The zero-order valence-electron chi connectivity index (χ0n) is 9.29. The third kappa shape index (κ3) is 3.15. The van der Waals surface area contributed by atoms with Gasteiger partial charge in [0.2, 0.25) is 0 Å². The van der Waals surface area contributed by atoms with Gasteiger partial charge in [0.15, 0.2) is 23.3 Å². The van der Waals surface area contributed by atoms with Crippen molar-refractivity contribution in [2.45, 2.75) is 0 Å². The lowest BCUT2D eigenvalue weighted by molar-refractivity contribution is -0.118. The number of aromatic nitrogens is 2. The van der Waals surface area contributed by atoms with Crippen LogP contribution in [-0.2, 0) is 4.79 Å². The first-order valence-corrected chi connectivity index (χ1v) is 5.91. The Morgan fingerprint density at radius 1 is 1.44 bits per heavy atom. The summed E-state index contributed by atoms with van der Waals surface area (Å²) in [5, 5.41) is 4.91. The molecule has 0 aliphatic rings. The van der Waals surface area contributed by atoms with Crippen LogP contribution in [0.15, 0.2) is 29.9 Å². The normalized spacial score (nSPS) is 9.83. The SMILES string of the molecule is NNc1ncccc1OCC(=O)Nc1nccs1. The molecule has 0 spiro atoms. The van der Waals surface area contributed by atoms with Gasteiger partial charge in [-0.3, -0.25) is 10.1 Å². The monoisotopic (exact) mass is 265 g/mol. The number of hydrogen-bond donors (Lipinski definition) is 3. The van der Waals surface area contributed by atoms with Crippen LogP contribution >= 0.6 is 11.3 Å². The van der Waals surface area contributed by atoms with Gasteiger partial charge >= 0.3 is 0 Å². The van der Waals surface area contributed by atoms with E-state index in [4.69, 9.17) is 10.6 Å². The second-order valence-electron chi connectivity index (χ2n) is 3.17. The maximum Gasteiger partial charge on any atom is 0.264 e. The lowest BCUT2D eigenvalue weighted by Crippen LogP contribution is -2.21. The highest BCUT2D eigenvalue weighted by molar-refractivity contribution is 7.13. The molecule has 94 valence electrons. The molecule has 0 saturated heterocycles. The molecule has 8 heteroatoms. The van der Waals surface area contributed by atoms with Crippen molar-refractivity contribution in [2.75, 3.05) is 17.3 Å². The fourth-order valence-electron chi connectivity index (χ4n) is 1.20. The Bertz CT molecular complexity index is 517. The van der Waals surface area contributed by atoms with E-state index < -0.39 is 0 Å². The molecule has 4 N–H and O–H groups in total. The van der Waals surface area contributed by atoms with Crippen LogP contribution in [0, 0.1) is 0 Å². The van der Waals surface area contributed by atoms with E-state index in [2.05, 4.69) is 20.7 Å². The molecular formula is C10H11N5O2S. The van der Waals surface area contributed by atoms with Crippen molar-refractivity contribution in [1.29, 1.82) is 0 Å². The molecule has 2 rings (SSSR count). The Labute approximate surface area is 107 Å². The van der Waals surface area contributed by atoms with Gasteiger partial charge in [-0.25, -0.2) is 15.8 Å². The van der Waals surface area contributed by atoms with Crippen molar-refractivity contribution in [1.82, 2.24) is 9.97 Å². The molecule has 0 radical (unpaired) electrons. The van der Waals surface area contributed by atoms with E-state index in [1.165, 1.54) is 11.3 Å². The van der Waals surface area contributed by atoms with E-state index >= 15 is 0 Å². The van der Waals surface area contributed by atoms with Gasteiger partial charge in [0.1, 0.15) is 0 Å². The molecular weight excluding hydrogens is 254 g/mol. The van der Waals surface area contributed by atoms with Crippen molar-refractivity contribution in [2.24, 2.45) is 5.84 Å². The summed E-state index contributed by atoms with van der Waals surface area (Å²) in [6.45, 7) is -0.139. The molecule has 7 nitrogen and oxygen atoms in total. The molecule has 0 atom stereocenters. The summed E-state index contributed by atoms with van der Waals surface area (Å²) in [6, 6.07) is 3.35. The first-order valence-electron chi connectivity index (χ1n) is 5.03. The van der Waals surface area contributed by atoms with Gasteiger partial charge < -0.3 is 10.2 Å². The third-order valence-corrected chi connectivity index (χ3v) is 2.63. The Balaban J connectivity index is 1.89. The van der Waals surface area contributed by atoms with Crippen LogP contribution < -0.4 is 21.3 Å². The number of ether oxygens (including phenoxy) is 1. The summed E-state index contributed by atoms with van der Waals surface area (Å²) in [6.07, 6.45) is 3.18. The molecule has 1 amide bonds. The highest BCUT2D eigenvalue weighted by atomic mass is 32.1. The molecule has 0 aliphatic carbocycles. The standard InChI is InChI=1S/C10H11N5O2S/c11-15-9-7(2-1-3-12-9)17-6-8(16)14-10-13-4-5-18-10/h1-5H,6,11H2,(H,12,15)(H,13,14,16). The first kappa shape index (κ1) is 12.3. The minimum Gasteiger partial charge on any atom is -0.480 e. The minimum absolute atomic E-state index is 0.139. The van der Waals surface area contributed by atoms with Crippen LogP contribution in [0.5, 0.6) is 5.75 Å². The third-order valence-electron chi connectivity index (χ3n) is 1.94. The van der Waals surface area contributed by atoms with Crippen molar-refractivity contribution in [3.8, 4) is 5.75 Å². The van der Waals surface area contributed by atoms with Crippen molar-refractivity contribution in [3.63, 3.8) is 0 Å². The Hall–Kier alpha value is -2.19. The highest BCUT2D eigenvalue weighted by Gasteiger charge is 2.07. The Morgan fingerprint density at radius 2 is 2.33 bits per heavy atom. The number of nitrogens with zero attached hydrogens (tertiary/aromatic N) is 2. The van der Waals surface area contributed by atoms with E-state index in [9.17, 15) is 4.79 Å². The van der Waals surface area contributed by atoms with Gasteiger partial charge in [0.05, 0.1) is 0 Å². The minimum atomic E-state index is -0.295.